The molecule has 0 bridgehead atoms. The molecule has 0 aromatic carbocycles. The van der Waals surface area contributed by atoms with Gasteiger partial charge in [0, 0.05) is 65.4 Å². The van der Waals surface area contributed by atoms with E-state index in [1.807, 2.05) is 0 Å². The van der Waals surface area contributed by atoms with E-state index in [9.17, 15) is 0 Å². The van der Waals surface area contributed by atoms with Gasteiger partial charge in [0.15, 0.2) is 0 Å². The van der Waals surface area contributed by atoms with E-state index >= 15 is 0 Å². The van der Waals surface area contributed by atoms with Crippen molar-refractivity contribution in [1.82, 2.24) is 20.0 Å². The Kier molecular flexibility index (Phi) is 5.29. The lowest BCUT2D eigenvalue weighted by Gasteiger charge is -2.40. The van der Waals surface area contributed by atoms with Gasteiger partial charge < -0.3 is 19.9 Å². The van der Waals surface area contributed by atoms with E-state index in [4.69, 9.17) is 4.74 Å². The topological polar surface area (TPSA) is 31.0 Å². The Hall–Kier alpha value is -0.200. The maximum Gasteiger partial charge on any atom is 0.0832 e. The Bertz CT molecular complexity index is 282. The first-order valence-corrected chi connectivity index (χ1v) is 8.29. The minimum Gasteiger partial charge on any atom is -0.372 e. The standard InChI is InChI=1S/C15H30N4O/c1-17-12-15(13-17)20-14-2-6-18(7-3-14)10-11-19-8-4-16-5-9-19/h14-16H,2-13H2,1H3. The Morgan fingerprint density at radius 3 is 2.10 bits per heavy atom. The fourth-order valence-electron chi connectivity index (χ4n) is 3.49. The molecule has 5 nitrogen and oxygen atoms in total. The maximum absolute atomic E-state index is 6.15. The number of piperidine rings is 1. The van der Waals surface area contributed by atoms with Crippen LogP contribution in [0.3, 0.4) is 0 Å². The first-order valence-electron chi connectivity index (χ1n) is 8.29. The van der Waals surface area contributed by atoms with Gasteiger partial charge in [-0.3, -0.25) is 4.90 Å². The van der Waals surface area contributed by atoms with Crippen molar-refractivity contribution >= 4 is 0 Å². The summed E-state index contributed by atoms with van der Waals surface area (Å²) in [6.45, 7) is 11.9. The van der Waals surface area contributed by atoms with Crippen LogP contribution in [0, 0.1) is 0 Å². The second-order valence-corrected chi connectivity index (χ2v) is 6.61. The first kappa shape index (κ1) is 14.7. The summed E-state index contributed by atoms with van der Waals surface area (Å²) < 4.78 is 6.15. The number of nitrogens with zero attached hydrogens (tertiary/aromatic N) is 3. The third-order valence-electron chi connectivity index (χ3n) is 4.89. The summed E-state index contributed by atoms with van der Waals surface area (Å²) in [5, 5.41) is 3.42. The van der Waals surface area contributed by atoms with Crippen LogP contribution < -0.4 is 5.32 Å². The second kappa shape index (κ2) is 7.18. The van der Waals surface area contributed by atoms with Gasteiger partial charge in [0.25, 0.3) is 0 Å². The molecule has 3 saturated heterocycles. The third-order valence-corrected chi connectivity index (χ3v) is 4.89. The molecule has 0 aromatic rings. The predicted octanol–water partition coefficient (Wildman–Crippen LogP) is -0.313. The molecule has 0 aromatic heterocycles. The number of hydrogen-bond acceptors (Lipinski definition) is 5. The fourth-order valence-corrected chi connectivity index (χ4v) is 3.49. The molecule has 0 amide bonds. The summed E-state index contributed by atoms with van der Waals surface area (Å²) in [7, 11) is 2.17. The number of hydrogen-bond donors (Lipinski definition) is 1. The van der Waals surface area contributed by atoms with Crippen molar-refractivity contribution in [3.8, 4) is 0 Å². The van der Waals surface area contributed by atoms with Gasteiger partial charge in [-0.2, -0.15) is 0 Å². The molecule has 116 valence electrons. The van der Waals surface area contributed by atoms with Crippen molar-refractivity contribution in [1.29, 1.82) is 0 Å². The zero-order chi connectivity index (χ0) is 13.8. The molecule has 0 atom stereocenters. The van der Waals surface area contributed by atoms with E-state index in [-0.39, 0.29) is 0 Å². The second-order valence-electron chi connectivity index (χ2n) is 6.61. The quantitative estimate of drug-likeness (QED) is 0.747. The van der Waals surface area contributed by atoms with Gasteiger partial charge in [0.2, 0.25) is 0 Å². The fraction of sp³-hybridized carbons (Fsp3) is 1.00. The highest BCUT2D eigenvalue weighted by Crippen LogP contribution is 2.19. The van der Waals surface area contributed by atoms with Crippen molar-refractivity contribution in [3.63, 3.8) is 0 Å². The number of rotatable bonds is 5. The number of piperazine rings is 1. The van der Waals surface area contributed by atoms with E-state index < -0.39 is 0 Å². The lowest BCUT2D eigenvalue weighted by atomic mass is 10.1. The maximum atomic E-state index is 6.15. The molecule has 3 rings (SSSR count). The van der Waals surface area contributed by atoms with Crippen molar-refractivity contribution in [2.75, 3.05) is 72.5 Å². The van der Waals surface area contributed by atoms with Crippen LogP contribution in [0.2, 0.25) is 0 Å². The lowest BCUT2D eigenvalue weighted by molar-refractivity contribution is -0.100. The smallest absolute Gasteiger partial charge is 0.0832 e. The minimum atomic E-state index is 0.511. The summed E-state index contributed by atoms with van der Waals surface area (Å²) in [5.41, 5.74) is 0. The van der Waals surface area contributed by atoms with E-state index in [1.165, 1.54) is 52.1 Å². The predicted molar refractivity (Wildman–Crippen MR) is 81.1 cm³/mol. The number of likely N-dealkylation sites (tertiary alicyclic amines) is 2. The van der Waals surface area contributed by atoms with Gasteiger partial charge in [-0.15, -0.1) is 0 Å². The highest BCUT2D eigenvalue weighted by molar-refractivity contribution is 4.81. The van der Waals surface area contributed by atoms with Crippen molar-refractivity contribution in [3.05, 3.63) is 0 Å². The summed E-state index contributed by atoms with van der Waals surface area (Å²) >= 11 is 0. The van der Waals surface area contributed by atoms with Crippen LogP contribution in [0.15, 0.2) is 0 Å². The van der Waals surface area contributed by atoms with Crippen LogP contribution in [-0.2, 0) is 4.74 Å². The molecule has 0 spiro atoms. The van der Waals surface area contributed by atoms with Gasteiger partial charge in [-0.05, 0) is 19.9 Å². The van der Waals surface area contributed by atoms with E-state index in [1.54, 1.807) is 0 Å². The summed E-state index contributed by atoms with van der Waals surface area (Å²) in [5.74, 6) is 0. The van der Waals surface area contributed by atoms with Gasteiger partial charge >= 0.3 is 0 Å². The monoisotopic (exact) mass is 282 g/mol. The van der Waals surface area contributed by atoms with Gasteiger partial charge in [-0.25, -0.2) is 0 Å². The molecule has 3 heterocycles. The van der Waals surface area contributed by atoms with E-state index in [2.05, 4.69) is 27.1 Å². The van der Waals surface area contributed by atoms with E-state index in [0.717, 1.165) is 26.2 Å². The number of ether oxygens (including phenoxy) is 1. The zero-order valence-corrected chi connectivity index (χ0v) is 12.9. The molecule has 1 N–H and O–H groups in total. The number of likely N-dealkylation sites (N-methyl/N-ethyl adjacent to an activating group) is 1. The van der Waals surface area contributed by atoms with Gasteiger partial charge in [0.05, 0.1) is 12.2 Å². The number of nitrogens with one attached hydrogen (secondary N) is 1. The van der Waals surface area contributed by atoms with Crippen LogP contribution in [0.25, 0.3) is 0 Å². The molecular weight excluding hydrogens is 252 g/mol. The van der Waals surface area contributed by atoms with Crippen LogP contribution in [0.5, 0.6) is 0 Å². The Morgan fingerprint density at radius 1 is 0.900 bits per heavy atom. The zero-order valence-electron chi connectivity index (χ0n) is 12.9. The molecule has 0 unspecified atom stereocenters. The molecule has 3 fully saturated rings. The molecule has 3 aliphatic rings. The average molecular weight is 282 g/mol. The average Bonchev–Trinajstić information content (AvgIpc) is 2.46. The minimum absolute atomic E-state index is 0.511. The van der Waals surface area contributed by atoms with Crippen LogP contribution in [-0.4, -0.2) is 99.4 Å². The summed E-state index contributed by atoms with van der Waals surface area (Å²) in [6, 6.07) is 0. The van der Waals surface area contributed by atoms with E-state index in [0.29, 0.717) is 12.2 Å². The lowest BCUT2D eigenvalue weighted by Crippen LogP contribution is -2.52. The van der Waals surface area contributed by atoms with Crippen LogP contribution >= 0.6 is 0 Å². The van der Waals surface area contributed by atoms with Gasteiger partial charge in [0.1, 0.15) is 0 Å². The summed E-state index contributed by atoms with van der Waals surface area (Å²) in [6.07, 6.45) is 3.48. The SMILES string of the molecule is CN1CC(OC2CCN(CCN3CCNCC3)CC2)C1. The molecule has 0 saturated carbocycles. The summed E-state index contributed by atoms with van der Waals surface area (Å²) in [4.78, 5) is 7.53. The largest absolute Gasteiger partial charge is 0.372 e. The van der Waals surface area contributed by atoms with Gasteiger partial charge in [-0.1, -0.05) is 0 Å². The Morgan fingerprint density at radius 2 is 1.50 bits per heavy atom. The molecule has 0 aliphatic carbocycles. The highest BCUT2D eigenvalue weighted by Gasteiger charge is 2.28. The molecule has 5 heteroatoms. The van der Waals surface area contributed by atoms with Crippen molar-refractivity contribution in [2.45, 2.75) is 25.0 Å². The normalized spacial score (nSPS) is 28.6. The Labute approximate surface area is 123 Å². The molecule has 0 radical (unpaired) electrons. The van der Waals surface area contributed by atoms with Crippen LogP contribution in [0.1, 0.15) is 12.8 Å². The Balaban J connectivity index is 1.28. The van der Waals surface area contributed by atoms with Crippen molar-refractivity contribution in [2.24, 2.45) is 0 Å². The highest BCUT2D eigenvalue weighted by atomic mass is 16.5. The molecule has 20 heavy (non-hydrogen) atoms. The first-order chi connectivity index (χ1) is 9.79. The third kappa shape index (κ3) is 4.15. The molecule has 3 aliphatic heterocycles. The van der Waals surface area contributed by atoms with Crippen molar-refractivity contribution < 1.29 is 4.74 Å². The van der Waals surface area contributed by atoms with Crippen LogP contribution in [0.4, 0.5) is 0 Å². The molecular formula is C15H30N4O.